The fourth-order valence-corrected chi connectivity index (χ4v) is 5.57. The summed E-state index contributed by atoms with van der Waals surface area (Å²) in [4.78, 5) is 20.7. The van der Waals surface area contributed by atoms with Crippen LogP contribution in [0.15, 0.2) is 45.6 Å². The van der Waals surface area contributed by atoms with Crippen LogP contribution in [0.2, 0.25) is 0 Å². The van der Waals surface area contributed by atoms with E-state index in [1.54, 1.807) is 12.1 Å². The highest BCUT2D eigenvalue weighted by Gasteiger charge is 2.24. The third kappa shape index (κ3) is 3.54. The van der Waals surface area contributed by atoms with E-state index in [1.165, 1.54) is 17.8 Å². The van der Waals surface area contributed by atoms with Crippen LogP contribution < -0.4 is 5.43 Å². The second-order valence-corrected chi connectivity index (χ2v) is 9.36. The van der Waals surface area contributed by atoms with Gasteiger partial charge in [0.05, 0.1) is 26.7 Å². The monoisotopic (exact) mass is 434 g/mol. The van der Waals surface area contributed by atoms with Gasteiger partial charge in [0.15, 0.2) is 0 Å². The number of aromatic hydroxyl groups is 1. The lowest BCUT2D eigenvalue weighted by atomic mass is 10.0. The summed E-state index contributed by atoms with van der Waals surface area (Å²) in [5.74, 6) is 0.804. The van der Waals surface area contributed by atoms with Gasteiger partial charge in [-0.15, -0.1) is 11.3 Å². The first-order valence-electron chi connectivity index (χ1n) is 11.0. The fraction of sp³-hybridized carbons (Fsp3) is 0.360. The summed E-state index contributed by atoms with van der Waals surface area (Å²) in [7, 11) is 0. The quantitative estimate of drug-likeness (QED) is 0.445. The third-order valence-corrected chi connectivity index (χ3v) is 7.40. The van der Waals surface area contributed by atoms with Crippen LogP contribution in [0.4, 0.5) is 0 Å². The number of nitrogens with zero attached hydrogens (tertiary/aromatic N) is 2. The van der Waals surface area contributed by atoms with Crippen molar-refractivity contribution in [3.8, 4) is 16.3 Å². The lowest BCUT2D eigenvalue weighted by Gasteiger charge is -2.33. The van der Waals surface area contributed by atoms with Gasteiger partial charge in [0.1, 0.15) is 22.1 Å². The molecule has 5 nitrogen and oxygen atoms in total. The Kier molecular flexibility index (Phi) is 5.28. The van der Waals surface area contributed by atoms with E-state index in [9.17, 15) is 9.90 Å². The van der Waals surface area contributed by atoms with E-state index in [-0.39, 0.29) is 11.2 Å². The van der Waals surface area contributed by atoms with E-state index in [2.05, 4.69) is 11.8 Å². The topological polar surface area (TPSA) is 66.6 Å². The van der Waals surface area contributed by atoms with Gasteiger partial charge in [-0.1, -0.05) is 25.5 Å². The number of thiazole rings is 1. The zero-order chi connectivity index (χ0) is 21.5. The molecule has 1 saturated heterocycles. The Labute approximate surface area is 185 Å². The molecule has 0 saturated carbocycles. The largest absolute Gasteiger partial charge is 0.507 e. The van der Waals surface area contributed by atoms with Crippen molar-refractivity contribution in [1.82, 2.24) is 9.88 Å². The van der Waals surface area contributed by atoms with Crippen LogP contribution in [0.25, 0.3) is 31.8 Å². The number of benzene rings is 2. The molecular formula is C25H26N2O3S. The molecule has 1 unspecified atom stereocenters. The van der Waals surface area contributed by atoms with Gasteiger partial charge in [-0.25, -0.2) is 4.98 Å². The molecule has 0 radical (unpaired) electrons. The summed E-state index contributed by atoms with van der Waals surface area (Å²) in [5.41, 5.74) is 2.55. The molecule has 0 spiro atoms. The van der Waals surface area contributed by atoms with Crippen LogP contribution in [0, 0.1) is 0 Å². The maximum atomic E-state index is 13.6. The number of piperidine rings is 1. The first kappa shape index (κ1) is 20.2. The first-order chi connectivity index (χ1) is 15.1. The third-order valence-electron chi connectivity index (χ3n) is 6.34. The average Bonchev–Trinajstić information content (AvgIpc) is 3.20. The summed E-state index contributed by atoms with van der Waals surface area (Å²) in [5, 5.41) is 11.9. The smallest absolute Gasteiger partial charge is 0.203 e. The number of hydrogen-bond donors (Lipinski definition) is 1. The maximum Gasteiger partial charge on any atom is 0.203 e. The standard InChI is InChI=1S/C25H26N2O3S/c1-3-20-22(25-26-18-9-4-5-10-21(18)31-25)23(29)16-11-12-19(28)17(24(16)30-20)14-27-13-7-6-8-15(27)2/h4-5,9-12,15,28H,3,6-8,13-14H2,1-2H3. The van der Waals surface area contributed by atoms with Gasteiger partial charge in [0.25, 0.3) is 0 Å². The van der Waals surface area contributed by atoms with Gasteiger partial charge < -0.3 is 9.52 Å². The van der Waals surface area contributed by atoms with Gasteiger partial charge in [-0.2, -0.15) is 0 Å². The highest BCUT2D eigenvalue weighted by atomic mass is 32.1. The lowest BCUT2D eigenvalue weighted by Crippen LogP contribution is -2.36. The van der Waals surface area contributed by atoms with E-state index in [0.717, 1.165) is 29.6 Å². The summed E-state index contributed by atoms with van der Waals surface area (Å²) < 4.78 is 7.39. The van der Waals surface area contributed by atoms with Crippen molar-refractivity contribution < 1.29 is 9.52 Å². The van der Waals surface area contributed by atoms with Gasteiger partial charge >= 0.3 is 0 Å². The van der Waals surface area contributed by atoms with Crippen molar-refractivity contribution in [3.05, 3.63) is 57.9 Å². The Morgan fingerprint density at radius 2 is 2.06 bits per heavy atom. The van der Waals surface area contributed by atoms with E-state index in [4.69, 9.17) is 9.40 Å². The molecule has 1 N–H and O–H groups in total. The number of fused-ring (bicyclic) bond motifs is 2. The zero-order valence-corrected chi connectivity index (χ0v) is 18.7. The van der Waals surface area contributed by atoms with Crippen molar-refractivity contribution in [1.29, 1.82) is 0 Å². The molecule has 0 amide bonds. The summed E-state index contributed by atoms with van der Waals surface area (Å²) in [6.07, 6.45) is 4.12. The molecule has 3 heterocycles. The summed E-state index contributed by atoms with van der Waals surface area (Å²) in [6, 6.07) is 11.6. The zero-order valence-electron chi connectivity index (χ0n) is 17.9. The first-order valence-corrected chi connectivity index (χ1v) is 11.8. The molecule has 31 heavy (non-hydrogen) atoms. The Bertz CT molecular complexity index is 1290. The molecule has 2 aromatic carbocycles. The molecule has 0 bridgehead atoms. The van der Waals surface area contributed by atoms with Gasteiger partial charge in [0, 0.05) is 19.0 Å². The Morgan fingerprint density at radius 1 is 1.23 bits per heavy atom. The van der Waals surface area contributed by atoms with Crippen LogP contribution >= 0.6 is 11.3 Å². The summed E-state index contributed by atoms with van der Waals surface area (Å²) in [6.45, 7) is 5.78. The van der Waals surface area contributed by atoms with Crippen LogP contribution in [-0.2, 0) is 13.0 Å². The molecular weight excluding hydrogens is 408 g/mol. The molecule has 1 fully saturated rings. The second-order valence-electron chi connectivity index (χ2n) is 8.32. The predicted octanol–water partition coefficient (Wildman–Crippen LogP) is 5.71. The van der Waals surface area contributed by atoms with Crippen molar-refractivity contribution in [2.24, 2.45) is 0 Å². The Morgan fingerprint density at radius 3 is 2.84 bits per heavy atom. The van der Waals surface area contributed by atoms with Gasteiger partial charge in [-0.05, 0) is 50.6 Å². The molecule has 5 rings (SSSR count). The van der Waals surface area contributed by atoms with Gasteiger partial charge in [0.2, 0.25) is 5.43 Å². The maximum absolute atomic E-state index is 13.6. The molecule has 160 valence electrons. The van der Waals surface area contributed by atoms with Crippen LogP contribution in [0.1, 0.15) is 44.4 Å². The van der Waals surface area contributed by atoms with Crippen molar-refractivity contribution >= 4 is 32.5 Å². The van der Waals surface area contributed by atoms with Crippen LogP contribution in [-0.4, -0.2) is 27.6 Å². The predicted molar refractivity (Wildman–Crippen MR) is 126 cm³/mol. The molecule has 1 aliphatic rings. The van der Waals surface area contributed by atoms with Crippen molar-refractivity contribution in [2.45, 2.75) is 52.1 Å². The summed E-state index contributed by atoms with van der Waals surface area (Å²) >= 11 is 1.51. The minimum atomic E-state index is -0.0786. The molecule has 6 heteroatoms. The second kappa shape index (κ2) is 8.09. The minimum absolute atomic E-state index is 0.0786. The minimum Gasteiger partial charge on any atom is -0.507 e. The molecule has 4 aromatic rings. The highest BCUT2D eigenvalue weighted by molar-refractivity contribution is 7.21. The Balaban J connectivity index is 1.69. The number of aromatic nitrogens is 1. The van der Waals surface area contributed by atoms with Crippen LogP contribution in [0.5, 0.6) is 5.75 Å². The number of phenolic OH excluding ortho intramolecular Hbond substituents is 1. The molecule has 2 aromatic heterocycles. The van der Waals surface area contributed by atoms with Gasteiger partial charge in [-0.3, -0.25) is 9.69 Å². The number of para-hydroxylation sites is 1. The molecule has 0 aliphatic carbocycles. The number of rotatable bonds is 4. The number of likely N-dealkylation sites (tertiary alicyclic amines) is 1. The number of phenols is 1. The lowest BCUT2D eigenvalue weighted by molar-refractivity contribution is 0.151. The molecule has 1 atom stereocenters. The Hall–Kier alpha value is -2.70. The van der Waals surface area contributed by atoms with Crippen LogP contribution in [0.3, 0.4) is 0 Å². The highest BCUT2D eigenvalue weighted by Crippen LogP contribution is 2.35. The van der Waals surface area contributed by atoms with Crippen molar-refractivity contribution in [2.75, 3.05) is 6.54 Å². The normalized spacial score (nSPS) is 17.5. The number of hydrogen-bond acceptors (Lipinski definition) is 6. The fourth-order valence-electron chi connectivity index (χ4n) is 4.54. The van der Waals surface area contributed by atoms with Crippen molar-refractivity contribution in [3.63, 3.8) is 0 Å². The van der Waals surface area contributed by atoms with E-state index < -0.39 is 0 Å². The van der Waals surface area contributed by atoms with E-state index in [0.29, 0.717) is 51.9 Å². The van der Waals surface area contributed by atoms with E-state index in [1.807, 2.05) is 31.2 Å². The SMILES string of the molecule is CCc1oc2c(CN3CCCCC3C)c(O)ccc2c(=O)c1-c1nc2ccccc2s1. The number of aryl methyl sites for hydroxylation is 1. The molecule has 1 aliphatic heterocycles. The van der Waals surface area contributed by atoms with E-state index >= 15 is 0 Å². The average molecular weight is 435 g/mol.